The van der Waals surface area contributed by atoms with Crippen LogP contribution >= 0.6 is 0 Å². The van der Waals surface area contributed by atoms with Crippen LogP contribution in [-0.2, 0) is 16.1 Å². The van der Waals surface area contributed by atoms with E-state index in [4.69, 9.17) is 4.74 Å². The number of halogens is 3. The average molecular weight is 260 g/mol. The second kappa shape index (κ2) is 5.89. The molecule has 0 bridgehead atoms. The van der Waals surface area contributed by atoms with E-state index >= 15 is 0 Å². The van der Waals surface area contributed by atoms with Crippen LogP contribution in [-0.4, -0.2) is 12.1 Å². The van der Waals surface area contributed by atoms with Crippen LogP contribution in [0.5, 0.6) is 0 Å². The van der Waals surface area contributed by atoms with Crippen molar-refractivity contribution in [3.05, 3.63) is 35.9 Å². The minimum atomic E-state index is -4.57. The molecule has 5 heteroatoms. The Bertz CT molecular complexity index is 385. The van der Waals surface area contributed by atoms with E-state index in [0.717, 1.165) is 0 Å². The molecule has 0 radical (unpaired) electrons. The van der Waals surface area contributed by atoms with E-state index in [9.17, 15) is 18.0 Å². The van der Waals surface area contributed by atoms with Gasteiger partial charge in [0.25, 0.3) is 0 Å². The van der Waals surface area contributed by atoms with Gasteiger partial charge < -0.3 is 4.74 Å². The van der Waals surface area contributed by atoms with Crippen molar-refractivity contribution in [1.82, 2.24) is 0 Å². The molecule has 0 fully saturated rings. The molecule has 0 saturated heterocycles. The summed E-state index contributed by atoms with van der Waals surface area (Å²) in [6.45, 7) is 2.56. The maximum atomic E-state index is 12.6. The van der Waals surface area contributed by atoms with Crippen molar-refractivity contribution in [2.45, 2.75) is 26.6 Å². The lowest BCUT2D eigenvalue weighted by atomic mass is 9.95. The predicted octanol–water partition coefficient (Wildman–Crippen LogP) is 3.56. The van der Waals surface area contributed by atoms with Crippen LogP contribution < -0.4 is 0 Å². The van der Waals surface area contributed by atoms with E-state index < -0.39 is 24.0 Å². The summed E-state index contributed by atoms with van der Waals surface area (Å²) in [5, 5.41) is 0. The van der Waals surface area contributed by atoms with Crippen molar-refractivity contribution in [3.8, 4) is 0 Å². The Morgan fingerprint density at radius 1 is 1.22 bits per heavy atom. The molecule has 0 aliphatic rings. The first-order valence-corrected chi connectivity index (χ1v) is 5.59. The van der Waals surface area contributed by atoms with Gasteiger partial charge in [-0.05, 0) is 11.5 Å². The molecule has 0 aliphatic carbocycles. The number of rotatable bonds is 4. The third-order valence-corrected chi connectivity index (χ3v) is 2.50. The fraction of sp³-hybridized carbons (Fsp3) is 0.462. The van der Waals surface area contributed by atoms with Crippen LogP contribution in [0.4, 0.5) is 13.2 Å². The van der Waals surface area contributed by atoms with Crippen molar-refractivity contribution >= 4 is 5.97 Å². The Hall–Kier alpha value is -1.52. The Balaban J connectivity index is 2.64. The third-order valence-electron chi connectivity index (χ3n) is 2.50. The number of hydrogen-bond donors (Lipinski definition) is 0. The summed E-state index contributed by atoms with van der Waals surface area (Å²) >= 11 is 0. The molecule has 0 aromatic heterocycles. The van der Waals surface area contributed by atoms with Gasteiger partial charge in [-0.1, -0.05) is 44.2 Å². The Morgan fingerprint density at radius 3 is 2.22 bits per heavy atom. The molecule has 2 nitrogen and oxygen atoms in total. The van der Waals surface area contributed by atoms with Gasteiger partial charge in [0.05, 0.1) is 0 Å². The first-order valence-electron chi connectivity index (χ1n) is 5.59. The lowest BCUT2D eigenvalue weighted by molar-refractivity contribution is -0.206. The van der Waals surface area contributed by atoms with E-state index in [-0.39, 0.29) is 6.61 Å². The summed E-state index contributed by atoms with van der Waals surface area (Å²) in [5.74, 6) is -4.13. The molecular formula is C13H15F3O2. The molecule has 0 heterocycles. The number of hydrogen-bond acceptors (Lipinski definition) is 2. The summed E-state index contributed by atoms with van der Waals surface area (Å²) in [5.41, 5.74) is 0.663. The normalized spacial score (nSPS) is 13.4. The SMILES string of the molecule is CC(C)C(C(=O)OCc1ccccc1)C(F)(F)F. The quantitative estimate of drug-likeness (QED) is 0.774. The molecule has 18 heavy (non-hydrogen) atoms. The van der Waals surface area contributed by atoms with E-state index in [0.29, 0.717) is 5.56 Å². The fourth-order valence-corrected chi connectivity index (χ4v) is 1.60. The molecule has 1 atom stereocenters. The first-order chi connectivity index (χ1) is 8.32. The van der Waals surface area contributed by atoms with Crippen molar-refractivity contribution in [2.75, 3.05) is 0 Å². The number of benzene rings is 1. The third kappa shape index (κ3) is 4.05. The van der Waals surface area contributed by atoms with E-state index in [1.807, 2.05) is 0 Å². The van der Waals surface area contributed by atoms with Crippen LogP contribution in [0, 0.1) is 11.8 Å². The van der Waals surface area contributed by atoms with Crippen LogP contribution in [0.15, 0.2) is 30.3 Å². The molecule has 100 valence electrons. The average Bonchev–Trinajstić information content (AvgIpc) is 2.25. The van der Waals surface area contributed by atoms with Crippen molar-refractivity contribution < 1.29 is 22.7 Å². The standard InChI is InChI=1S/C13H15F3O2/c1-9(2)11(13(14,15)16)12(17)18-8-10-6-4-3-5-7-10/h3-7,9,11H,8H2,1-2H3. The second-order valence-electron chi connectivity index (χ2n) is 4.36. The van der Waals surface area contributed by atoms with Gasteiger partial charge in [-0.15, -0.1) is 0 Å². The highest BCUT2D eigenvalue weighted by atomic mass is 19.4. The molecule has 0 saturated carbocycles. The summed E-state index contributed by atoms with van der Waals surface area (Å²) < 4.78 is 42.7. The summed E-state index contributed by atoms with van der Waals surface area (Å²) in [7, 11) is 0. The number of esters is 1. The summed E-state index contributed by atoms with van der Waals surface area (Å²) in [6.07, 6.45) is -4.57. The van der Waals surface area contributed by atoms with Crippen LogP contribution in [0.2, 0.25) is 0 Å². The molecule has 1 aromatic carbocycles. The van der Waals surface area contributed by atoms with E-state index in [1.54, 1.807) is 30.3 Å². The summed E-state index contributed by atoms with van der Waals surface area (Å²) in [4.78, 5) is 11.5. The highest BCUT2D eigenvalue weighted by Gasteiger charge is 2.47. The maximum Gasteiger partial charge on any atom is 0.402 e. The zero-order chi connectivity index (χ0) is 13.8. The molecule has 1 rings (SSSR count). The monoisotopic (exact) mass is 260 g/mol. The predicted molar refractivity (Wildman–Crippen MR) is 60.6 cm³/mol. The molecule has 0 amide bonds. The zero-order valence-corrected chi connectivity index (χ0v) is 10.2. The molecule has 0 aliphatic heterocycles. The minimum Gasteiger partial charge on any atom is -0.460 e. The number of carbonyl (C=O) groups is 1. The molecule has 1 unspecified atom stereocenters. The van der Waals surface area contributed by atoms with Crippen molar-refractivity contribution in [3.63, 3.8) is 0 Å². The van der Waals surface area contributed by atoms with Gasteiger partial charge in [-0.3, -0.25) is 4.79 Å². The van der Waals surface area contributed by atoms with E-state index in [1.165, 1.54) is 13.8 Å². The van der Waals surface area contributed by atoms with Gasteiger partial charge in [-0.25, -0.2) is 0 Å². The van der Waals surface area contributed by atoms with Gasteiger partial charge in [-0.2, -0.15) is 13.2 Å². The van der Waals surface area contributed by atoms with Gasteiger partial charge in [0.15, 0.2) is 5.92 Å². The topological polar surface area (TPSA) is 26.3 Å². The smallest absolute Gasteiger partial charge is 0.402 e. The zero-order valence-electron chi connectivity index (χ0n) is 10.2. The molecule has 0 N–H and O–H groups in total. The molecule has 1 aromatic rings. The lowest BCUT2D eigenvalue weighted by Gasteiger charge is -2.21. The number of ether oxygens (including phenoxy) is 1. The van der Waals surface area contributed by atoms with Crippen LogP contribution in [0.25, 0.3) is 0 Å². The van der Waals surface area contributed by atoms with Crippen molar-refractivity contribution in [2.24, 2.45) is 11.8 Å². The fourth-order valence-electron chi connectivity index (χ4n) is 1.60. The van der Waals surface area contributed by atoms with Gasteiger partial charge >= 0.3 is 12.1 Å². The Morgan fingerprint density at radius 2 is 1.78 bits per heavy atom. The number of alkyl halides is 3. The van der Waals surface area contributed by atoms with E-state index in [2.05, 4.69) is 0 Å². The van der Waals surface area contributed by atoms with Gasteiger partial charge in [0, 0.05) is 0 Å². The Kier molecular flexibility index (Phi) is 4.76. The largest absolute Gasteiger partial charge is 0.460 e. The van der Waals surface area contributed by atoms with Gasteiger partial charge in [0.2, 0.25) is 0 Å². The first kappa shape index (κ1) is 14.5. The maximum absolute atomic E-state index is 12.6. The molecule has 0 spiro atoms. The second-order valence-corrected chi connectivity index (χ2v) is 4.36. The Labute approximate surface area is 104 Å². The lowest BCUT2D eigenvalue weighted by Crippen LogP contribution is -2.36. The highest BCUT2D eigenvalue weighted by Crippen LogP contribution is 2.33. The summed E-state index contributed by atoms with van der Waals surface area (Å²) in [6, 6.07) is 8.61. The van der Waals surface area contributed by atoms with Crippen molar-refractivity contribution in [1.29, 1.82) is 0 Å². The van der Waals surface area contributed by atoms with Crippen LogP contribution in [0.1, 0.15) is 19.4 Å². The minimum absolute atomic E-state index is 0.140. The molecular weight excluding hydrogens is 245 g/mol. The highest BCUT2D eigenvalue weighted by molar-refractivity contribution is 5.73. The number of carbonyl (C=O) groups excluding carboxylic acids is 1. The van der Waals surface area contributed by atoms with Crippen LogP contribution in [0.3, 0.4) is 0 Å². The van der Waals surface area contributed by atoms with Gasteiger partial charge in [0.1, 0.15) is 6.61 Å².